The van der Waals surface area contributed by atoms with E-state index in [1.807, 2.05) is 0 Å². The van der Waals surface area contributed by atoms with E-state index in [0.717, 1.165) is 5.56 Å². The molecule has 2 N–H and O–H groups in total. The zero-order chi connectivity index (χ0) is 18.7. The molecule has 0 bridgehead atoms. The highest BCUT2D eigenvalue weighted by Crippen LogP contribution is 2.36. The minimum absolute atomic E-state index is 0.0900. The lowest BCUT2D eigenvalue weighted by Crippen LogP contribution is -2.23. The number of amides is 1. The van der Waals surface area contributed by atoms with Crippen LogP contribution in [0.5, 0.6) is 17.2 Å². The van der Waals surface area contributed by atoms with Gasteiger partial charge in [0.25, 0.3) is 5.91 Å². The van der Waals surface area contributed by atoms with Gasteiger partial charge in [0, 0.05) is 23.7 Å². The number of benzene rings is 2. The number of ether oxygens (including phenoxy) is 1. The Balaban J connectivity index is 1.66. The Morgan fingerprint density at radius 1 is 1.19 bits per heavy atom. The zero-order valence-corrected chi connectivity index (χ0v) is 15.1. The maximum atomic E-state index is 12.0. The lowest BCUT2D eigenvalue weighted by molar-refractivity contribution is 0.0942. The van der Waals surface area contributed by atoms with Crippen LogP contribution in [0.4, 0.5) is 0 Å². The molecule has 0 radical (unpaired) electrons. The van der Waals surface area contributed by atoms with Gasteiger partial charge in [-0.25, -0.2) is 0 Å². The molecule has 0 unspecified atom stereocenters. The number of carbonyl (C=O) groups is 1. The van der Waals surface area contributed by atoms with Crippen LogP contribution >= 0.6 is 23.2 Å². The second-order valence-electron chi connectivity index (χ2n) is 5.48. The first-order valence-corrected chi connectivity index (χ1v) is 8.34. The molecule has 0 saturated heterocycles. The number of phenols is 1. The molecule has 1 aromatic heterocycles. The first-order valence-electron chi connectivity index (χ1n) is 7.58. The van der Waals surface area contributed by atoms with Crippen LogP contribution in [0.3, 0.4) is 0 Å². The van der Waals surface area contributed by atoms with Gasteiger partial charge in [-0.15, -0.1) is 0 Å². The molecule has 0 spiro atoms. The summed E-state index contributed by atoms with van der Waals surface area (Å²) < 4.78 is 10.5. The third-order valence-electron chi connectivity index (χ3n) is 3.45. The van der Waals surface area contributed by atoms with Gasteiger partial charge in [-0.2, -0.15) is 0 Å². The number of halogens is 2. The fourth-order valence-corrected chi connectivity index (χ4v) is 2.59. The summed E-state index contributed by atoms with van der Waals surface area (Å²) >= 11 is 12.0. The van der Waals surface area contributed by atoms with Gasteiger partial charge in [-0.05, 0) is 36.8 Å². The third kappa shape index (κ3) is 4.28. The summed E-state index contributed by atoms with van der Waals surface area (Å²) in [6.07, 6.45) is 0. The van der Waals surface area contributed by atoms with Gasteiger partial charge in [-0.1, -0.05) is 34.4 Å². The largest absolute Gasteiger partial charge is 0.504 e. The smallest absolute Gasteiger partial charge is 0.273 e. The Hall–Kier alpha value is -2.70. The molecule has 134 valence electrons. The molecule has 2 aromatic carbocycles. The van der Waals surface area contributed by atoms with Gasteiger partial charge in [0.15, 0.2) is 17.2 Å². The fourth-order valence-electron chi connectivity index (χ4n) is 2.18. The van der Waals surface area contributed by atoms with Crippen LogP contribution in [0.2, 0.25) is 10.0 Å². The lowest BCUT2D eigenvalue weighted by Gasteiger charge is -2.11. The molecular formula is C18H14Cl2N2O4. The van der Waals surface area contributed by atoms with E-state index in [1.54, 1.807) is 43.3 Å². The highest BCUT2D eigenvalue weighted by atomic mass is 35.5. The number of carbonyl (C=O) groups excluding carboxylic acids is 1. The molecule has 0 atom stereocenters. The van der Waals surface area contributed by atoms with Crippen molar-refractivity contribution in [3.05, 3.63) is 69.5 Å². The number of rotatable bonds is 5. The summed E-state index contributed by atoms with van der Waals surface area (Å²) in [6, 6.07) is 11.1. The Morgan fingerprint density at radius 2 is 1.96 bits per heavy atom. The Morgan fingerprint density at radius 3 is 2.62 bits per heavy atom. The Labute approximate surface area is 159 Å². The first-order chi connectivity index (χ1) is 12.4. The van der Waals surface area contributed by atoms with Crippen LogP contribution < -0.4 is 10.1 Å². The Kier molecular flexibility index (Phi) is 5.35. The van der Waals surface area contributed by atoms with Crippen molar-refractivity contribution in [3.63, 3.8) is 0 Å². The molecule has 0 aliphatic rings. The first kappa shape index (κ1) is 18.1. The monoisotopic (exact) mass is 392 g/mol. The quantitative estimate of drug-likeness (QED) is 0.656. The minimum Gasteiger partial charge on any atom is -0.504 e. The lowest BCUT2D eigenvalue weighted by atomic mass is 10.2. The molecule has 26 heavy (non-hydrogen) atoms. The van der Waals surface area contributed by atoms with Crippen molar-refractivity contribution in [2.24, 2.45) is 0 Å². The summed E-state index contributed by atoms with van der Waals surface area (Å²) in [4.78, 5) is 12.0. The second-order valence-corrected chi connectivity index (χ2v) is 6.33. The topological polar surface area (TPSA) is 84.6 Å². The average molecular weight is 393 g/mol. The number of hydrogen-bond acceptors (Lipinski definition) is 5. The number of nitrogens with one attached hydrogen (secondary N) is 1. The molecule has 1 amide bonds. The van der Waals surface area contributed by atoms with E-state index in [2.05, 4.69) is 10.5 Å². The second kappa shape index (κ2) is 7.68. The van der Waals surface area contributed by atoms with E-state index in [9.17, 15) is 9.90 Å². The predicted molar refractivity (Wildman–Crippen MR) is 97.1 cm³/mol. The van der Waals surface area contributed by atoms with Crippen molar-refractivity contribution in [1.82, 2.24) is 10.5 Å². The number of phenolic OH excluding ortho intramolecular Hbond substituents is 1. The third-order valence-corrected chi connectivity index (χ3v) is 3.98. The van der Waals surface area contributed by atoms with Gasteiger partial charge < -0.3 is 19.7 Å². The molecule has 0 aliphatic carbocycles. The van der Waals surface area contributed by atoms with Gasteiger partial charge >= 0.3 is 0 Å². The van der Waals surface area contributed by atoms with Crippen molar-refractivity contribution in [2.75, 3.05) is 0 Å². The number of aromatic nitrogens is 1. The molecular weight excluding hydrogens is 379 g/mol. The standard InChI is InChI=1S/C18H14Cl2N2O4/c1-10-6-14(22-26-10)18(24)21-9-11-2-4-16(13(20)7-11)25-17-5-3-12(19)8-15(17)23/h2-8,23H,9H2,1H3,(H,21,24). The van der Waals surface area contributed by atoms with Crippen LogP contribution in [0, 0.1) is 6.92 Å². The Bertz CT molecular complexity index is 956. The maximum absolute atomic E-state index is 12.0. The molecule has 3 aromatic rings. The maximum Gasteiger partial charge on any atom is 0.273 e. The van der Waals surface area contributed by atoms with Crippen molar-refractivity contribution < 1.29 is 19.2 Å². The minimum atomic E-state index is -0.343. The van der Waals surface area contributed by atoms with Gasteiger partial charge in [0.2, 0.25) is 0 Å². The van der Waals surface area contributed by atoms with E-state index in [0.29, 0.717) is 21.6 Å². The highest BCUT2D eigenvalue weighted by molar-refractivity contribution is 6.32. The molecule has 0 fully saturated rings. The van der Waals surface area contributed by atoms with E-state index < -0.39 is 0 Å². The SMILES string of the molecule is Cc1cc(C(=O)NCc2ccc(Oc3ccc(Cl)cc3O)c(Cl)c2)no1. The number of nitrogens with zero attached hydrogens (tertiary/aromatic N) is 1. The van der Waals surface area contributed by atoms with Crippen LogP contribution in [0.15, 0.2) is 47.0 Å². The van der Waals surface area contributed by atoms with Gasteiger partial charge in [0.1, 0.15) is 11.5 Å². The summed E-state index contributed by atoms with van der Waals surface area (Å²) in [5, 5.41) is 17.0. The van der Waals surface area contributed by atoms with E-state index >= 15 is 0 Å². The number of hydrogen-bond donors (Lipinski definition) is 2. The van der Waals surface area contributed by atoms with Crippen molar-refractivity contribution in [2.45, 2.75) is 13.5 Å². The molecule has 0 aliphatic heterocycles. The summed E-state index contributed by atoms with van der Waals surface area (Å²) in [5.41, 5.74) is 0.989. The van der Waals surface area contributed by atoms with Crippen LogP contribution in [0.25, 0.3) is 0 Å². The van der Waals surface area contributed by atoms with E-state index in [1.165, 1.54) is 6.07 Å². The van der Waals surface area contributed by atoms with E-state index in [-0.39, 0.29) is 29.6 Å². The predicted octanol–water partition coefficient (Wildman–Crippen LogP) is 4.72. The normalized spacial score (nSPS) is 10.6. The molecule has 8 heteroatoms. The number of aryl methyl sites for hydroxylation is 1. The summed E-state index contributed by atoms with van der Waals surface area (Å²) in [5.74, 6) is 0.729. The molecule has 1 heterocycles. The zero-order valence-electron chi connectivity index (χ0n) is 13.6. The van der Waals surface area contributed by atoms with Crippen LogP contribution in [-0.2, 0) is 6.54 Å². The average Bonchev–Trinajstić information content (AvgIpc) is 3.03. The summed E-state index contributed by atoms with van der Waals surface area (Å²) in [6.45, 7) is 1.97. The molecule has 3 rings (SSSR count). The molecule has 6 nitrogen and oxygen atoms in total. The fraction of sp³-hybridized carbons (Fsp3) is 0.111. The van der Waals surface area contributed by atoms with Crippen molar-refractivity contribution in [3.8, 4) is 17.2 Å². The van der Waals surface area contributed by atoms with Crippen LogP contribution in [0.1, 0.15) is 21.8 Å². The number of aromatic hydroxyl groups is 1. The van der Waals surface area contributed by atoms with Gasteiger partial charge in [-0.3, -0.25) is 4.79 Å². The van der Waals surface area contributed by atoms with Crippen LogP contribution in [-0.4, -0.2) is 16.2 Å². The highest BCUT2D eigenvalue weighted by Gasteiger charge is 2.12. The molecule has 0 saturated carbocycles. The summed E-state index contributed by atoms with van der Waals surface area (Å²) in [7, 11) is 0. The van der Waals surface area contributed by atoms with Crippen molar-refractivity contribution in [1.29, 1.82) is 0 Å². The van der Waals surface area contributed by atoms with Crippen molar-refractivity contribution >= 4 is 29.1 Å². The van der Waals surface area contributed by atoms with Gasteiger partial charge in [0.05, 0.1) is 5.02 Å². The van der Waals surface area contributed by atoms with E-state index in [4.69, 9.17) is 32.5 Å².